The summed E-state index contributed by atoms with van der Waals surface area (Å²) in [4.78, 5) is 9.99. The SMILES string of the molecule is Cc1ccc(C#Cc2ccc(C)cc2/C=C/[N+](=O)[O-])cc1. The predicted octanol–water partition coefficient (Wildman–Crippen LogP) is 3.95. The van der Waals surface area contributed by atoms with Gasteiger partial charge in [0, 0.05) is 17.2 Å². The summed E-state index contributed by atoms with van der Waals surface area (Å²) in [6.07, 6.45) is 2.41. The standard InChI is InChI=1S/C18H15NO2/c1-14-3-6-16(7-4-14)8-10-17-9-5-15(2)13-18(17)11-12-19(20)21/h3-7,9,11-13H,1-2H3/b12-11+. The maximum atomic E-state index is 10.5. The third-order valence-electron chi connectivity index (χ3n) is 2.98. The number of benzene rings is 2. The average molecular weight is 277 g/mol. The molecule has 0 saturated carbocycles. The van der Waals surface area contributed by atoms with Gasteiger partial charge in [-0.15, -0.1) is 0 Å². The molecule has 2 aromatic rings. The number of hydrogen-bond acceptors (Lipinski definition) is 2. The van der Waals surface area contributed by atoms with Crippen molar-refractivity contribution in [3.05, 3.63) is 86.6 Å². The highest BCUT2D eigenvalue weighted by Gasteiger charge is 1.99. The normalized spacial score (nSPS) is 10.2. The van der Waals surface area contributed by atoms with Gasteiger partial charge in [-0.3, -0.25) is 10.1 Å². The van der Waals surface area contributed by atoms with E-state index < -0.39 is 4.92 Å². The van der Waals surface area contributed by atoms with Crippen LogP contribution in [0, 0.1) is 35.8 Å². The molecule has 0 aromatic heterocycles. The lowest BCUT2D eigenvalue weighted by molar-refractivity contribution is -0.400. The molecule has 0 unspecified atom stereocenters. The van der Waals surface area contributed by atoms with Crippen LogP contribution in [0.4, 0.5) is 0 Å². The van der Waals surface area contributed by atoms with E-state index in [-0.39, 0.29) is 0 Å². The van der Waals surface area contributed by atoms with Gasteiger partial charge in [0.25, 0.3) is 0 Å². The fraction of sp³-hybridized carbons (Fsp3) is 0.111. The van der Waals surface area contributed by atoms with Gasteiger partial charge in [0.1, 0.15) is 0 Å². The van der Waals surface area contributed by atoms with E-state index >= 15 is 0 Å². The summed E-state index contributed by atoms with van der Waals surface area (Å²) in [5.41, 5.74) is 4.68. The second-order valence-corrected chi connectivity index (χ2v) is 4.81. The largest absolute Gasteiger partial charge is 0.259 e. The van der Waals surface area contributed by atoms with E-state index in [0.29, 0.717) is 0 Å². The van der Waals surface area contributed by atoms with Crippen molar-refractivity contribution in [2.45, 2.75) is 13.8 Å². The topological polar surface area (TPSA) is 43.1 Å². The predicted molar refractivity (Wildman–Crippen MR) is 84.4 cm³/mol. The third-order valence-corrected chi connectivity index (χ3v) is 2.98. The first-order chi connectivity index (χ1) is 10.0. The fourth-order valence-electron chi connectivity index (χ4n) is 1.85. The van der Waals surface area contributed by atoms with Gasteiger partial charge in [-0.05, 0) is 37.6 Å². The molecular weight excluding hydrogens is 262 g/mol. The fourth-order valence-corrected chi connectivity index (χ4v) is 1.85. The Morgan fingerprint density at radius 2 is 1.67 bits per heavy atom. The Balaban J connectivity index is 2.36. The highest BCUT2D eigenvalue weighted by Crippen LogP contribution is 2.13. The first-order valence-electron chi connectivity index (χ1n) is 6.55. The molecule has 3 nitrogen and oxygen atoms in total. The van der Waals surface area contributed by atoms with Crippen LogP contribution in [-0.2, 0) is 0 Å². The van der Waals surface area contributed by atoms with E-state index in [9.17, 15) is 10.1 Å². The Bertz CT molecular complexity index is 747. The maximum Gasteiger partial charge on any atom is 0.235 e. The molecule has 0 amide bonds. The molecule has 3 heteroatoms. The number of rotatable bonds is 2. The van der Waals surface area contributed by atoms with E-state index in [2.05, 4.69) is 11.8 Å². The number of nitrogens with zero attached hydrogens (tertiary/aromatic N) is 1. The smallest absolute Gasteiger partial charge is 0.235 e. The third kappa shape index (κ3) is 4.32. The van der Waals surface area contributed by atoms with E-state index in [1.807, 2.05) is 56.3 Å². The van der Waals surface area contributed by atoms with Crippen LogP contribution in [-0.4, -0.2) is 4.92 Å². The van der Waals surface area contributed by atoms with Gasteiger partial charge in [-0.1, -0.05) is 47.2 Å². The second kappa shape index (κ2) is 6.53. The minimum atomic E-state index is -0.473. The van der Waals surface area contributed by atoms with Crippen molar-refractivity contribution in [3.63, 3.8) is 0 Å². The summed E-state index contributed by atoms with van der Waals surface area (Å²) < 4.78 is 0. The van der Waals surface area contributed by atoms with Crippen molar-refractivity contribution >= 4 is 6.08 Å². The van der Waals surface area contributed by atoms with Crippen molar-refractivity contribution in [3.8, 4) is 11.8 Å². The highest BCUT2D eigenvalue weighted by molar-refractivity contribution is 5.60. The van der Waals surface area contributed by atoms with Crippen molar-refractivity contribution < 1.29 is 4.92 Å². The van der Waals surface area contributed by atoms with Gasteiger partial charge < -0.3 is 0 Å². The lowest BCUT2D eigenvalue weighted by Gasteiger charge is -2.00. The van der Waals surface area contributed by atoms with Gasteiger partial charge in [0.05, 0.1) is 4.92 Å². The van der Waals surface area contributed by atoms with Gasteiger partial charge >= 0.3 is 0 Å². The minimum absolute atomic E-state index is 0.473. The highest BCUT2D eigenvalue weighted by atomic mass is 16.6. The summed E-state index contributed by atoms with van der Waals surface area (Å²) in [7, 11) is 0. The molecule has 0 saturated heterocycles. The molecule has 0 aliphatic carbocycles. The molecule has 0 atom stereocenters. The molecule has 2 rings (SSSR count). The lowest BCUT2D eigenvalue weighted by atomic mass is 10.0. The number of hydrogen-bond donors (Lipinski definition) is 0. The maximum absolute atomic E-state index is 10.5. The van der Waals surface area contributed by atoms with Crippen molar-refractivity contribution in [2.24, 2.45) is 0 Å². The first-order valence-corrected chi connectivity index (χ1v) is 6.55. The Hall–Kier alpha value is -2.86. The zero-order chi connectivity index (χ0) is 15.2. The molecule has 0 heterocycles. The summed E-state index contributed by atoms with van der Waals surface area (Å²) in [5.74, 6) is 6.16. The Morgan fingerprint density at radius 3 is 2.33 bits per heavy atom. The zero-order valence-electron chi connectivity index (χ0n) is 12.0. The van der Waals surface area contributed by atoms with Crippen LogP contribution in [0.5, 0.6) is 0 Å². The summed E-state index contributed by atoms with van der Waals surface area (Å²) >= 11 is 0. The molecular formula is C18H15NO2. The van der Waals surface area contributed by atoms with Crippen LogP contribution in [0.3, 0.4) is 0 Å². The summed E-state index contributed by atoms with van der Waals surface area (Å²) in [6.45, 7) is 3.97. The van der Waals surface area contributed by atoms with Crippen LogP contribution >= 0.6 is 0 Å². The zero-order valence-corrected chi connectivity index (χ0v) is 12.0. The molecule has 2 aromatic carbocycles. The van der Waals surface area contributed by atoms with Crippen LogP contribution < -0.4 is 0 Å². The second-order valence-electron chi connectivity index (χ2n) is 4.81. The molecule has 0 aliphatic heterocycles. The van der Waals surface area contributed by atoms with E-state index in [1.54, 1.807) is 0 Å². The Labute approximate surface area is 124 Å². The van der Waals surface area contributed by atoms with Gasteiger partial charge in [0.15, 0.2) is 0 Å². The average Bonchev–Trinajstić information content (AvgIpc) is 2.45. The van der Waals surface area contributed by atoms with Gasteiger partial charge in [-0.2, -0.15) is 0 Å². The molecule has 104 valence electrons. The Morgan fingerprint density at radius 1 is 1.00 bits per heavy atom. The monoisotopic (exact) mass is 277 g/mol. The van der Waals surface area contributed by atoms with Crippen molar-refractivity contribution in [1.29, 1.82) is 0 Å². The van der Waals surface area contributed by atoms with Crippen LogP contribution in [0.25, 0.3) is 6.08 Å². The molecule has 0 N–H and O–H groups in total. The van der Waals surface area contributed by atoms with Crippen LogP contribution in [0.15, 0.2) is 48.7 Å². The summed E-state index contributed by atoms with van der Waals surface area (Å²) in [5, 5.41) is 10.5. The number of nitro groups is 1. The molecule has 0 bridgehead atoms. The number of aryl methyl sites for hydroxylation is 2. The van der Waals surface area contributed by atoms with E-state index in [0.717, 1.165) is 28.5 Å². The van der Waals surface area contributed by atoms with E-state index in [4.69, 9.17) is 0 Å². The van der Waals surface area contributed by atoms with Gasteiger partial charge in [0.2, 0.25) is 6.20 Å². The lowest BCUT2D eigenvalue weighted by Crippen LogP contribution is -1.87. The van der Waals surface area contributed by atoms with Crippen LogP contribution in [0.1, 0.15) is 27.8 Å². The minimum Gasteiger partial charge on any atom is -0.259 e. The summed E-state index contributed by atoms with van der Waals surface area (Å²) in [6, 6.07) is 13.7. The van der Waals surface area contributed by atoms with Crippen molar-refractivity contribution in [1.82, 2.24) is 0 Å². The molecule has 21 heavy (non-hydrogen) atoms. The quantitative estimate of drug-likeness (QED) is 0.474. The molecule has 0 radical (unpaired) electrons. The molecule has 0 fully saturated rings. The van der Waals surface area contributed by atoms with Gasteiger partial charge in [-0.25, -0.2) is 0 Å². The van der Waals surface area contributed by atoms with Crippen molar-refractivity contribution in [2.75, 3.05) is 0 Å². The molecule has 0 spiro atoms. The molecule has 0 aliphatic rings. The van der Waals surface area contributed by atoms with E-state index in [1.165, 1.54) is 11.6 Å². The first kappa shape index (κ1) is 14.5. The van der Waals surface area contributed by atoms with Crippen LogP contribution in [0.2, 0.25) is 0 Å². The Kier molecular flexibility index (Phi) is 4.53.